The predicted octanol–water partition coefficient (Wildman–Crippen LogP) is 13.8. The fraction of sp³-hybridized carbons (Fsp3) is 0. The Bertz CT molecular complexity index is 2850. The van der Waals surface area contributed by atoms with Gasteiger partial charge in [0.15, 0.2) is 5.58 Å². The summed E-state index contributed by atoms with van der Waals surface area (Å²) in [6, 6.07) is 64.5. The third-order valence-corrected chi connectivity index (χ3v) is 10.9. The van der Waals surface area contributed by atoms with Crippen molar-refractivity contribution < 1.29 is 4.42 Å². The number of benzene rings is 8. The van der Waals surface area contributed by atoms with Crippen LogP contribution in [-0.4, -0.2) is 4.98 Å². The van der Waals surface area contributed by atoms with E-state index in [2.05, 4.69) is 181 Å². The lowest BCUT2D eigenvalue weighted by Gasteiger charge is -2.26. The molecule has 4 heteroatoms. The number of nitrogens with zero attached hydrogens (tertiary/aromatic N) is 2. The molecular formula is C47H30N2OS. The second-order valence-electron chi connectivity index (χ2n) is 12.8. The van der Waals surface area contributed by atoms with Gasteiger partial charge in [-0.2, -0.15) is 0 Å². The van der Waals surface area contributed by atoms with Crippen LogP contribution in [-0.2, 0) is 0 Å². The minimum atomic E-state index is 0.626. The molecule has 0 fully saturated rings. The van der Waals surface area contributed by atoms with Crippen molar-refractivity contribution in [3.05, 3.63) is 182 Å². The minimum absolute atomic E-state index is 0.626. The van der Waals surface area contributed by atoms with Gasteiger partial charge in [-0.05, 0) is 82.1 Å². The molecule has 0 aliphatic heterocycles. The van der Waals surface area contributed by atoms with Crippen molar-refractivity contribution in [1.82, 2.24) is 4.98 Å². The third kappa shape index (κ3) is 5.16. The number of thiophene rings is 1. The van der Waals surface area contributed by atoms with E-state index in [1.807, 2.05) is 17.4 Å². The highest BCUT2D eigenvalue weighted by atomic mass is 32.1. The van der Waals surface area contributed by atoms with E-state index in [9.17, 15) is 0 Å². The van der Waals surface area contributed by atoms with Gasteiger partial charge < -0.3 is 9.32 Å². The van der Waals surface area contributed by atoms with Crippen molar-refractivity contribution in [2.45, 2.75) is 0 Å². The molecule has 0 aliphatic rings. The number of hydrogen-bond acceptors (Lipinski definition) is 4. The van der Waals surface area contributed by atoms with Crippen LogP contribution in [0.4, 0.5) is 17.1 Å². The van der Waals surface area contributed by atoms with Gasteiger partial charge in [-0.1, -0.05) is 127 Å². The van der Waals surface area contributed by atoms with E-state index in [1.165, 1.54) is 42.1 Å². The van der Waals surface area contributed by atoms with Gasteiger partial charge in [0.2, 0.25) is 5.89 Å². The zero-order valence-corrected chi connectivity index (χ0v) is 28.3. The van der Waals surface area contributed by atoms with Crippen LogP contribution >= 0.6 is 11.3 Å². The topological polar surface area (TPSA) is 29.3 Å². The monoisotopic (exact) mass is 670 g/mol. The maximum Gasteiger partial charge on any atom is 0.227 e. The summed E-state index contributed by atoms with van der Waals surface area (Å²) in [6.07, 6.45) is 0. The molecule has 0 bridgehead atoms. The van der Waals surface area contributed by atoms with Gasteiger partial charge in [-0.3, -0.25) is 0 Å². The summed E-state index contributed by atoms with van der Waals surface area (Å²) in [7, 11) is 0. The summed E-state index contributed by atoms with van der Waals surface area (Å²) in [5.41, 5.74) is 10.4. The quantitative estimate of drug-likeness (QED) is 0.176. The average molecular weight is 671 g/mol. The van der Waals surface area contributed by atoms with Crippen LogP contribution in [0.5, 0.6) is 0 Å². The minimum Gasteiger partial charge on any atom is -0.435 e. The van der Waals surface area contributed by atoms with Crippen molar-refractivity contribution in [1.29, 1.82) is 0 Å². The first kappa shape index (κ1) is 29.4. The van der Waals surface area contributed by atoms with Crippen molar-refractivity contribution in [2.75, 3.05) is 4.90 Å². The largest absolute Gasteiger partial charge is 0.435 e. The number of para-hydroxylation sites is 1. The van der Waals surface area contributed by atoms with E-state index in [0.717, 1.165) is 44.9 Å². The van der Waals surface area contributed by atoms with Crippen LogP contribution in [0, 0.1) is 0 Å². The predicted molar refractivity (Wildman–Crippen MR) is 215 cm³/mol. The Labute approximate surface area is 299 Å². The zero-order valence-electron chi connectivity index (χ0n) is 27.5. The van der Waals surface area contributed by atoms with Crippen molar-refractivity contribution in [3.8, 4) is 33.7 Å². The van der Waals surface area contributed by atoms with Gasteiger partial charge in [0.1, 0.15) is 5.52 Å². The van der Waals surface area contributed by atoms with E-state index in [4.69, 9.17) is 9.40 Å². The third-order valence-electron chi connectivity index (χ3n) is 9.70. The molecule has 0 unspecified atom stereocenters. The summed E-state index contributed by atoms with van der Waals surface area (Å²) in [5.74, 6) is 0.626. The summed E-state index contributed by atoms with van der Waals surface area (Å²) < 4.78 is 9.07. The molecule has 0 N–H and O–H groups in total. The van der Waals surface area contributed by atoms with E-state index in [0.29, 0.717) is 5.89 Å². The van der Waals surface area contributed by atoms with E-state index >= 15 is 0 Å². The molecule has 10 rings (SSSR count). The lowest BCUT2D eigenvalue weighted by molar-refractivity contribution is 0.621. The summed E-state index contributed by atoms with van der Waals surface area (Å²) in [4.78, 5) is 7.28. The standard InChI is InChI=1S/C47H30N2OS/c1-2-10-31(11-3-1)33-22-26-37(27-23-33)49(43-18-9-16-41-40-14-6-7-19-44(40)51-46(41)43)38-28-24-34(25-29-38)39-15-8-17-42-45(39)50-47(48-42)36-21-20-32-12-4-5-13-35(32)30-36/h1-30H. The van der Waals surface area contributed by atoms with E-state index in [1.54, 1.807) is 0 Å². The SMILES string of the molecule is c1ccc(-c2ccc(N(c3ccc(-c4cccc5nc(-c6ccc7ccccc7c6)oc45)cc3)c3cccc4c3sc3ccccc34)cc2)cc1. The fourth-order valence-electron chi connectivity index (χ4n) is 7.18. The summed E-state index contributed by atoms with van der Waals surface area (Å²) in [5, 5.41) is 4.92. The Morgan fingerprint density at radius 2 is 1.12 bits per heavy atom. The number of anilines is 3. The van der Waals surface area contributed by atoms with E-state index in [-0.39, 0.29) is 0 Å². The van der Waals surface area contributed by atoms with Crippen LogP contribution in [0.15, 0.2) is 186 Å². The second-order valence-corrected chi connectivity index (χ2v) is 13.8. The van der Waals surface area contributed by atoms with Crippen LogP contribution in [0.2, 0.25) is 0 Å². The van der Waals surface area contributed by atoms with Crippen molar-refractivity contribution in [3.63, 3.8) is 0 Å². The molecule has 51 heavy (non-hydrogen) atoms. The Hall–Kier alpha value is -6.49. The lowest BCUT2D eigenvalue weighted by Crippen LogP contribution is -2.10. The van der Waals surface area contributed by atoms with Gasteiger partial charge in [-0.15, -0.1) is 11.3 Å². The molecule has 2 aromatic heterocycles. The van der Waals surface area contributed by atoms with Gasteiger partial charge >= 0.3 is 0 Å². The number of rotatable bonds is 6. The molecule has 240 valence electrons. The molecule has 0 atom stereocenters. The Balaban J connectivity index is 1.07. The first-order valence-corrected chi connectivity index (χ1v) is 17.9. The normalized spacial score (nSPS) is 11.5. The van der Waals surface area contributed by atoms with E-state index < -0.39 is 0 Å². The molecule has 0 saturated heterocycles. The highest BCUT2D eigenvalue weighted by Gasteiger charge is 2.19. The lowest BCUT2D eigenvalue weighted by atomic mass is 10.0. The highest BCUT2D eigenvalue weighted by Crippen LogP contribution is 2.45. The molecule has 0 radical (unpaired) electrons. The smallest absolute Gasteiger partial charge is 0.227 e. The highest BCUT2D eigenvalue weighted by molar-refractivity contribution is 7.26. The first-order chi connectivity index (χ1) is 25.3. The molecule has 8 aromatic carbocycles. The van der Waals surface area contributed by atoms with Crippen LogP contribution in [0.25, 0.3) is 75.8 Å². The van der Waals surface area contributed by atoms with Gasteiger partial charge in [0, 0.05) is 38.0 Å². The molecule has 10 aromatic rings. The molecule has 3 nitrogen and oxygen atoms in total. The molecule has 0 spiro atoms. The average Bonchev–Trinajstić information content (AvgIpc) is 3.82. The summed E-state index contributed by atoms with van der Waals surface area (Å²) in [6.45, 7) is 0. The van der Waals surface area contributed by atoms with Crippen LogP contribution in [0.3, 0.4) is 0 Å². The van der Waals surface area contributed by atoms with Crippen LogP contribution < -0.4 is 4.90 Å². The Morgan fingerprint density at radius 1 is 0.471 bits per heavy atom. The maximum absolute atomic E-state index is 6.51. The zero-order chi connectivity index (χ0) is 33.7. The second kappa shape index (κ2) is 12.1. The summed E-state index contributed by atoms with van der Waals surface area (Å²) >= 11 is 1.85. The van der Waals surface area contributed by atoms with Gasteiger partial charge in [0.05, 0.1) is 10.4 Å². The fourth-order valence-corrected chi connectivity index (χ4v) is 8.39. The number of aromatic nitrogens is 1. The first-order valence-electron chi connectivity index (χ1n) is 17.1. The number of fused-ring (bicyclic) bond motifs is 5. The van der Waals surface area contributed by atoms with Crippen molar-refractivity contribution >= 4 is 70.4 Å². The Morgan fingerprint density at radius 3 is 1.94 bits per heavy atom. The van der Waals surface area contributed by atoms with Gasteiger partial charge in [-0.25, -0.2) is 4.98 Å². The molecule has 0 aliphatic carbocycles. The van der Waals surface area contributed by atoms with Crippen LogP contribution in [0.1, 0.15) is 0 Å². The Kier molecular flexibility index (Phi) is 7.00. The number of hydrogen-bond donors (Lipinski definition) is 0. The van der Waals surface area contributed by atoms with Gasteiger partial charge in [0.25, 0.3) is 0 Å². The molecule has 0 amide bonds. The maximum atomic E-state index is 6.51. The van der Waals surface area contributed by atoms with Crippen molar-refractivity contribution in [2.24, 2.45) is 0 Å². The number of oxazole rings is 1. The molecular weight excluding hydrogens is 641 g/mol. The molecule has 2 heterocycles. The molecule has 0 saturated carbocycles.